The van der Waals surface area contributed by atoms with Crippen LogP contribution in [0.4, 0.5) is 21.9 Å². The highest BCUT2D eigenvalue weighted by Gasteiger charge is 2.34. The Morgan fingerprint density at radius 3 is 2.42 bits per heavy atom. The molecule has 11 heteroatoms. The molecule has 0 aromatic heterocycles. The first-order valence-electron chi connectivity index (χ1n) is 16.8. The summed E-state index contributed by atoms with van der Waals surface area (Å²) in [7, 11) is 2.00. The molecular formula is C37H48N6O5. The van der Waals surface area contributed by atoms with Crippen LogP contribution in [-0.4, -0.2) is 77.7 Å². The summed E-state index contributed by atoms with van der Waals surface area (Å²) in [5.41, 5.74) is 9.35. The zero-order chi connectivity index (χ0) is 34.2. The van der Waals surface area contributed by atoms with Gasteiger partial charge in [-0.05, 0) is 68.8 Å². The van der Waals surface area contributed by atoms with E-state index >= 15 is 0 Å². The molecule has 6 N–H and O–H groups in total. The Labute approximate surface area is 282 Å². The van der Waals surface area contributed by atoms with Crippen molar-refractivity contribution < 1.29 is 24.2 Å². The molecule has 1 fully saturated rings. The average molecular weight is 657 g/mol. The van der Waals surface area contributed by atoms with Gasteiger partial charge in [0.15, 0.2) is 5.75 Å². The summed E-state index contributed by atoms with van der Waals surface area (Å²) in [5.74, 6) is -0.258. The van der Waals surface area contributed by atoms with Gasteiger partial charge in [0, 0.05) is 37.2 Å². The van der Waals surface area contributed by atoms with Crippen LogP contribution in [0.1, 0.15) is 72.2 Å². The third kappa shape index (κ3) is 8.64. The van der Waals surface area contributed by atoms with Crippen LogP contribution >= 0.6 is 0 Å². The van der Waals surface area contributed by atoms with Gasteiger partial charge in [-0.15, -0.1) is 0 Å². The van der Waals surface area contributed by atoms with Crippen molar-refractivity contribution in [2.24, 2.45) is 5.92 Å². The number of nitrogens with one attached hydrogen (secondary N) is 3. The molecule has 11 nitrogen and oxygen atoms in total. The van der Waals surface area contributed by atoms with Gasteiger partial charge in [0.1, 0.15) is 6.10 Å². The van der Waals surface area contributed by atoms with Crippen LogP contribution in [0.5, 0.6) is 5.75 Å². The summed E-state index contributed by atoms with van der Waals surface area (Å²) in [4.78, 5) is 43.5. The van der Waals surface area contributed by atoms with Crippen molar-refractivity contribution in [3.8, 4) is 5.75 Å². The average Bonchev–Trinajstić information content (AvgIpc) is 3.08. The summed E-state index contributed by atoms with van der Waals surface area (Å²) in [5, 5.41) is 18.9. The Balaban J connectivity index is 1.31. The lowest BCUT2D eigenvalue weighted by molar-refractivity contribution is 0.0343. The van der Waals surface area contributed by atoms with E-state index in [9.17, 15) is 19.5 Å². The van der Waals surface area contributed by atoms with Crippen molar-refractivity contribution in [2.45, 2.75) is 70.7 Å². The monoisotopic (exact) mass is 656 g/mol. The number of nitrogens with zero attached hydrogens (tertiary/aromatic N) is 2. The molecule has 0 spiro atoms. The van der Waals surface area contributed by atoms with Crippen LogP contribution in [0.15, 0.2) is 66.7 Å². The van der Waals surface area contributed by atoms with Crippen molar-refractivity contribution in [1.29, 1.82) is 0 Å². The van der Waals surface area contributed by atoms with E-state index in [-0.39, 0.29) is 42.5 Å². The quantitative estimate of drug-likeness (QED) is 0.185. The number of aliphatic hydroxyl groups is 1. The smallest absolute Gasteiger partial charge is 0.319 e. The van der Waals surface area contributed by atoms with Crippen LogP contribution < -0.4 is 26.4 Å². The number of nitrogens with two attached hydrogens (primary N) is 1. The van der Waals surface area contributed by atoms with Gasteiger partial charge in [-0.2, -0.15) is 0 Å². The molecule has 1 saturated carbocycles. The molecule has 0 saturated heterocycles. The normalized spacial score (nSPS) is 19.0. The zero-order valence-electron chi connectivity index (χ0n) is 28.1. The SMILES string of the molecule is C[C@H]1CN([C@@H](C)CO)C(=O)c2cccc(NC(=O)NC3CCCCC3)c2O[C@H]1CN(C)Cc1ccc(C(=O)Nc2ccccc2N)cc1. The maximum atomic E-state index is 13.8. The third-order valence-corrected chi connectivity index (χ3v) is 9.25. The van der Waals surface area contributed by atoms with Crippen LogP contribution in [0.2, 0.25) is 0 Å². The number of aliphatic hydroxyl groups excluding tert-OH is 1. The Kier molecular flexibility index (Phi) is 11.6. The second kappa shape index (κ2) is 16.0. The number of fused-ring (bicyclic) bond motifs is 1. The molecule has 0 radical (unpaired) electrons. The van der Waals surface area contributed by atoms with Crippen LogP contribution in [0, 0.1) is 5.92 Å². The van der Waals surface area contributed by atoms with Crippen molar-refractivity contribution in [3.63, 3.8) is 0 Å². The number of anilines is 3. The number of carbonyl (C=O) groups excluding carboxylic acids is 3. The minimum atomic E-state index is -0.399. The summed E-state index contributed by atoms with van der Waals surface area (Å²) < 4.78 is 6.67. The van der Waals surface area contributed by atoms with Crippen LogP contribution in [-0.2, 0) is 6.54 Å². The molecule has 1 aliphatic heterocycles. The lowest BCUT2D eigenvalue weighted by atomic mass is 9.96. The number of carbonyl (C=O) groups is 3. The van der Waals surface area contributed by atoms with E-state index in [0.29, 0.717) is 53.6 Å². The highest BCUT2D eigenvalue weighted by atomic mass is 16.5. The fraction of sp³-hybridized carbons (Fsp3) is 0.432. The lowest BCUT2D eigenvalue weighted by Gasteiger charge is -2.38. The van der Waals surface area contributed by atoms with E-state index < -0.39 is 6.04 Å². The lowest BCUT2D eigenvalue weighted by Crippen LogP contribution is -2.50. The third-order valence-electron chi connectivity index (χ3n) is 9.25. The van der Waals surface area contributed by atoms with E-state index in [1.165, 1.54) is 6.42 Å². The number of para-hydroxylation sites is 3. The number of rotatable bonds is 10. The largest absolute Gasteiger partial charge is 0.486 e. The highest BCUT2D eigenvalue weighted by molar-refractivity contribution is 6.05. The molecule has 256 valence electrons. The van der Waals surface area contributed by atoms with E-state index in [1.807, 2.05) is 45.2 Å². The Morgan fingerprint density at radius 1 is 1.00 bits per heavy atom. The number of ether oxygens (including phenoxy) is 1. The molecule has 3 atom stereocenters. The molecule has 4 amide bonds. The molecule has 0 unspecified atom stereocenters. The number of urea groups is 1. The van der Waals surface area contributed by atoms with Crippen molar-refractivity contribution >= 4 is 34.9 Å². The van der Waals surface area contributed by atoms with E-state index in [0.717, 1.165) is 31.2 Å². The second-order valence-electron chi connectivity index (χ2n) is 13.2. The van der Waals surface area contributed by atoms with E-state index in [2.05, 4.69) is 20.9 Å². The molecule has 1 aliphatic carbocycles. The van der Waals surface area contributed by atoms with E-state index in [4.69, 9.17) is 10.5 Å². The highest BCUT2D eigenvalue weighted by Crippen LogP contribution is 2.35. The summed E-state index contributed by atoms with van der Waals surface area (Å²) in [6, 6.07) is 19.2. The van der Waals surface area contributed by atoms with Gasteiger partial charge >= 0.3 is 6.03 Å². The first kappa shape index (κ1) is 34.7. The minimum Gasteiger partial charge on any atom is -0.486 e. The maximum Gasteiger partial charge on any atom is 0.319 e. The Bertz CT molecular complexity index is 1570. The number of hydrogen-bond donors (Lipinski definition) is 5. The molecule has 3 aromatic carbocycles. The number of hydrogen-bond acceptors (Lipinski definition) is 7. The van der Waals surface area contributed by atoms with E-state index in [1.54, 1.807) is 47.4 Å². The molecule has 5 rings (SSSR count). The molecule has 48 heavy (non-hydrogen) atoms. The van der Waals surface area contributed by atoms with Crippen LogP contribution in [0.3, 0.4) is 0 Å². The summed E-state index contributed by atoms with van der Waals surface area (Å²) in [6.45, 7) is 5.20. The zero-order valence-corrected chi connectivity index (χ0v) is 28.1. The fourth-order valence-electron chi connectivity index (χ4n) is 6.40. The Morgan fingerprint density at radius 2 is 1.71 bits per heavy atom. The van der Waals surface area contributed by atoms with Gasteiger partial charge in [-0.1, -0.05) is 56.5 Å². The minimum absolute atomic E-state index is 0.0980. The fourth-order valence-corrected chi connectivity index (χ4v) is 6.40. The first-order chi connectivity index (χ1) is 23.1. The molecular weight excluding hydrogens is 608 g/mol. The van der Waals surface area contributed by atoms with Crippen molar-refractivity contribution in [3.05, 3.63) is 83.4 Å². The summed E-state index contributed by atoms with van der Waals surface area (Å²) in [6.07, 6.45) is 4.94. The predicted molar refractivity (Wildman–Crippen MR) is 188 cm³/mol. The van der Waals surface area contributed by atoms with Gasteiger partial charge in [0.2, 0.25) is 0 Å². The van der Waals surface area contributed by atoms with Gasteiger partial charge in [0.05, 0.1) is 35.3 Å². The molecule has 2 aliphatic rings. The number of likely N-dealkylation sites (N-methyl/N-ethyl adjacent to an activating group) is 1. The second-order valence-corrected chi connectivity index (χ2v) is 13.2. The van der Waals surface area contributed by atoms with Gasteiger partial charge in [-0.25, -0.2) is 4.79 Å². The summed E-state index contributed by atoms with van der Waals surface area (Å²) >= 11 is 0. The standard InChI is InChI=1S/C37H48N6O5/c1-24-20-43(25(2)23-44)36(46)29-12-9-15-32(41-37(47)39-28-10-5-4-6-11-28)34(29)48-33(24)22-42(3)21-26-16-18-27(19-17-26)35(45)40-31-14-8-7-13-30(31)38/h7-9,12-19,24-25,28,33,44H,4-6,10-11,20-23,38H2,1-3H3,(H,40,45)(H2,39,41,47)/t24-,25-,33-/m0/s1. The number of nitrogen functional groups attached to an aromatic ring is 1. The topological polar surface area (TPSA) is 149 Å². The Hall–Kier alpha value is -4.61. The van der Waals surface area contributed by atoms with Gasteiger partial charge in [0.25, 0.3) is 11.8 Å². The first-order valence-corrected chi connectivity index (χ1v) is 16.8. The molecule has 1 heterocycles. The van der Waals surface area contributed by atoms with Crippen molar-refractivity contribution in [2.75, 3.05) is 43.1 Å². The predicted octanol–water partition coefficient (Wildman–Crippen LogP) is 5.33. The van der Waals surface area contributed by atoms with Crippen LogP contribution in [0.25, 0.3) is 0 Å². The number of benzene rings is 3. The van der Waals surface area contributed by atoms with Gasteiger partial charge in [-0.3, -0.25) is 14.5 Å². The van der Waals surface area contributed by atoms with Gasteiger partial charge < -0.3 is 36.4 Å². The van der Waals surface area contributed by atoms with Crippen molar-refractivity contribution in [1.82, 2.24) is 15.1 Å². The molecule has 3 aromatic rings. The molecule has 0 bridgehead atoms. The maximum absolute atomic E-state index is 13.8. The number of amides is 4.